The maximum absolute atomic E-state index is 12.3. The first-order valence-electron chi connectivity index (χ1n) is 6.39. The SMILES string of the molecule is CC(=O)Nc1cc2ccccc2n1C(=O)OC(C)(C)C. The quantitative estimate of drug-likeness (QED) is 0.867. The van der Waals surface area contributed by atoms with E-state index in [1.165, 1.54) is 11.5 Å². The molecule has 5 nitrogen and oxygen atoms in total. The Labute approximate surface area is 117 Å². The Balaban J connectivity index is 2.53. The molecule has 1 amide bonds. The summed E-state index contributed by atoms with van der Waals surface area (Å²) in [6, 6.07) is 9.15. The Morgan fingerprint density at radius 1 is 1.20 bits per heavy atom. The molecule has 1 N–H and O–H groups in total. The van der Waals surface area contributed by atoms with Crippen molar-refractivity contribution in [3.8, 4) is 0 Å². The maximum atomic E-state index is 12.3. The van der Waals surface area contributed by atoms with Gasteiger partial charge in [-0.2, -0.15) is 0 Å². The Bertz CT molecular complexity index is 665. The van der Waals surface area contributed by atoms with Crippen molar-refractivity contribution in [2.45, 2.75) is 33.3 Å². The lowest BCUT2D eigenvalue weighted by molar-refractivity contribution is -0.114. The molecule has 0 radical (unpaired) electrons. The predicted molar refractivity (Wildman–Crippen MR) is 77.9 cm³/mol. The zero-order valence-electron chi connectivity index (χ0n) is 12.1. The van der Waals surface area contributed by atoms with Gasteiger partial charge < -0.3 is 10.1 Å². The van der Waals surface area contributed by atoms with Crippen molar-refractivity contribution < 1.29 is 14.3 Å². The first-order chi connectivity index (χ1) is 9.28. The van der Waals surface area contributed by atoms with E-state index in [0.717, 1.165) is 5.39 Å². The van der Waals surface area contributed by atoms with Crippen LogP contribution < -0.4 is 5.32 Å². The lowest BCUT2D eigenvalue weighted by Gasteiger charge is -2.20. The van der Waals surface area contributed by atoms with Crippen molar-refractivity contribution in [2.75, 3.05) is 5.32 Å². The van der Waals surface area contributed by atoms with Crippen molar-refractivity contribution in [2.24, 2.45) is 0 Å². The average molecular weight is 274 g/mol. The highest BCUT2D eigenvalue weighted by Crippen LogP contribution is 2.25. The van der Waals surface area contributed by atoms with Gasteiger partial charge in [-0.3, -0.25) is 4.79 Å². The minimum Gasteiger partial charge on any atom is -0.443 e. The summed E-state index contributed by atoms with van der Waals surface area (Å²) in [6.07, 6.45) is -0.512. The Morgan fingerprint density at radius 2 is 1.85 bits per heavy atom. The molecule has 1 heterocycles. The van der Waals surface area contributed by atoms with Crippen molar-refractivity contribution in [1.82, 2.24) is 4.57 Å². The second-order valence-electron chi connectivity index (χ2n) is 5.59. The molecule has 0 bridgehead atoms. The number of fused-ring (bicyclic) bond motifs is 1. The van der Waals surface area contributed by atoms with E-state index in [-0.39, 0.29) is 5.91 Å². The largest absolute Gasteiger partial charge is 0.443 e. The van der Waals surface area contributed by atoms with E-state index in [1.54, 1.807) is 26.8 Å². The standard InChI is InChI=1S/C15H18N2O3/c1-10(18)16-13-9-11-7-5-6-8-12(11)17(13)14(19)20-15(2,3)4/h5-9H,1-4H3,(H,16,18). The number of nitrogens with zero attached hydrogens (tertiary/aromatic N) is 1. The summed E-state index contributed by atoms with van der Waals surface area (Å²) in [6.45, 7) is 6.80. The number of para-hydroxylation sites is 1. The topological polar surface area (TPSA) is 60.3 Å². The van der Waals surface area contributed by atoms with Gasteiger partial charge in [0.2, 0.25) is 5.91 Å². The molecule has 0 aliphatic heterocycles. The predicted octanol–water partition coefficient (Wildman–Crippen LogP) is 3.38. The molecule has 1 aromatic heterocycles. The lowest BCUT2D eigenvalue weighted by Crippen LogP contribution is -2.28. The summed E-state index contributed by atoms with van der Waals surface area (Å²) in [5.74, 6) is 0.172. The molecule has 2 aromatic rings. The molecule has 5 heteroatoms. The van der Waals surface area contributed by atoms with Gasteiger partial charge in [0, 0.05) is 12.3 Å². The molecule has 0 spiro atoms. The minimum absolute atomic E-state index is 0.238. The molecule has 106 valence electrons. The molecule has 0 saturated carbocycles. The third-order valence-corrected chi connectivity index (χ3v) is 2.59. The number of nitrogens with one attached hydrogen (secondary N) is 1. The molecule has 1 aromatic carbocycles. The van der Waals surface area contributed by atoms with Crippen LogP contribution in [0.3, 0.4) is 0 Å². The van der Waals surface area contributed by atoms with Crippen LogP contribution in [0, 0.1) is 0 Å². The second kappa shape index (κ2) is 5.00. The van der Waals surface area contributed by atoms with Crippen LogP contribution in [0.5, 0.6) is 0 Å². The average Bonchev–Trinajstić information content (AvgIpc) is 2.63. The summed E-state index contributed by atoms with van der Waals surface area (Å²) in [5, 5.41) is 3.52. The van der Waals surface area contributed by atoms with E-state index < -0.39 is 11.7 Å². The number of amides is 1. The number of aromatic nitrogens is 1. The number of anilines is 1. The zero-order valence-corrected chi connectivity index (χ0v) is 12.1. The summed E-state index contributed by atoms with van der Waals surface area (Å²) in [7, 11) is 0. The van der Waals surface area contributed by atoms with E-state index >= 15 is 0 Å². The number of rotatable bonds is 1. The summed E-state index contributed by atoms with van der Waals surface area (Å²) in [4.78, 5) is 23.6. The third-order valence-electron chi connectivity index (χ3n) is 2.59. The van der Waals surface area contributed by atoms with Crippen LogP contribution in [0.15, 0.2) is 30.3 Å². The lowest BCUT2D eigenvalue weighted by atomic mass is 10.2. The van der Waals surface area contributed by atoms with Crippen molar-refractivity contribution in [3.05, 3.63) is 30.3 Å². The molecular weight excluding hydrogens is 256 g/mol. The molecule has 2 rings (SSSR count). The second-order valence-corrected chi connectivity index (χ2v) is 5.59. The van der Waals surface area contributed by atoms with Crippen molar-refractivity contribution in [3.63, 3.8) is 0 Å². The highest BCUT2D eigenvalue weighted by molar-refractivity contribution is 5.99. The number of hydrogen-bond donors (Lipinski definition) is 1. The number of hydrogen-bond acceptors (Lipinski definition) is 3. The fourth-order valence-electron chi connectivity index (χ4n) is 1.93. The minimum atomic E-state index is -0.601. The molecule has 0 unspecified atom stereocenters. The highest BCUT2D eigenvalue weighted by atomic mass is 16.6. The molecule has 0 atom stereocenters. The van der Waals surface area contributed by atoms with Crippen LogP contribution in [0.1, 0.15) is 27.7 Å². The Kier molecular flexibility index (Phi) is 3.53. The van der Waals surface area contributed by atoms with Crippen molar-refractivity contribution >= 4 is 28.7 Å². The van der Waals surface area contributed by atoms with E-state index in [0.29, 0.717) is 11.3 Å². The number of carbonyl (C=O) groups is 2. The Hall–Kier alpha value is -2.30. The fraction of sp³-hybridized carbons (Fsp3) is 0.333. The van der Waals surface area contributed by atoms with E-state index in [4.69, 9.17) is 4.74 Å². The van der Waals surface area contributed by atoms with Gasteiger partial charge in [0.05, 0.1) is 5.52 Å². The zero-order chi connectivity index (χ0) is 14.9. The molecule has 20 heavy (non-hydrogen) atoms. The van der Waals surface area contributed by atoms with Gasteiger partial charge in [0.15, 0.2) is 0 Å². The first kappa shape index (κ1) is 14.1. The highest BCUT2D eigenvalue weighted by Gasteiger charge is 2.22. The van der Waals surface area contributed by atoms with Gasteiger partial charge in [-0.15, -0.1) is 0 Å². The van der Waals surface area contributed by atoms with Crippen LogP contribution in [-0.4, -0.2) is 22.2 Å². The van der Waals surface area contributed by atoms with Crippen LogP contribution in [0.2, 0.25) is 0 Å². The van der Waals surface area contributed by atoms with Gasteiger partial charge in [-0.1, -0.05) is 18.2 Å². The van der Waals surface area contributed by atoms with Crippen LogP contribution >= 0.6 is 0 Å². The van der Waals surface area contributed by atoms with Gasteiger partial charge in [-0.25, -0.2) is 9.36 Å². The fourth-order valence-corrected chi connectivity index (χ4v) is 1.93. The molecular formula is C15H18N2O3. The molecule has 0 saturated heterocycles. The van der Waals surface area contributed by atoms with E-state index in [1.807, 2.05) is 24.3 Å². The Morgan fingerprint density at radius 3 is 2.45 bits per heavy atom. The normalized spacial score (nSPS) is 11.4. The summed E-state index contributed by atoms with van der Waals surface area (Å²) < 4.78 is 6.76. The molecule has 0 aliphatic carbocycles. The summed E-state index contributed by atoms with van der Waals surface area (Å²) in [5.41, 5.74) is 0.0983. The maximum Gasteiger partial charge on any atom is 0.420 e. The van der Waals surface area contributed by atoms with Gasteiger partial charge in [-0.05, 0) is 32.9 Å². The van der Waals surface area contributed by atoms with Crippen LogP contribution in [-0.2, 0) is 9.53 Å². The number of ether oxygens (including phenoxy) is 1. The van der Waals surface area contributed by atoms with Crippen LogP contribution in [0.4, 0.5) is 10.6 Å². The first-order valence-corrected chi connectivity index (χ1v) is 6.39. The van der Waals surface area contributed by atoms with Crippen LogP contribution in [0.25, 0.3) is 10.9 Å². The number of benzene rings is 1. The van der Waals surface area contributed by atoms with Crippen molar-refractivity contribution in [1.29, 1.82) is 0 Å². The van der Waals surface area contributed by atoms with Gasteiger partial charge in [0.1, 0.15) is 11.4 Å². The molecule has 0 aliphatic rings. The van der Waals surface area contributed by atoms with E-state index in [2.05, 4.69) is 5.32 Å². The molecule has 0 fully saturated rings. The van der Waals surface area contributed by atoms with Gasteiger partial charge in [0.25, 0.3) is 0 Å². The monoisotopic (exact) mass is 274 g/mol. The van der Waals surface area contributed by atoms with E-state index in [9.17, 15) is 9.59 Å². The van der Waals surface area contributed by atoms with Gasteiger partial charge >= 0.3 is 6.09 Å². The summed E-state index contributed by atoms with van der Waals surface area (Å²) >= 11 is 0. The smallest absolute Gasteiger partial charge is 0.420 e. The number of carbonyl (C=O) groups excluding carboxylic acids is 2. The third kappa shape index (κ3) is 2.99.